The largest absolute Gasteiger partial charge is 0.310 e. The summed E-state index contributed by atoms with van der Waals surface area (Å²) in [5, 5.41) is 9.86. The molecule has 0 fully saturated rings. The number of nitro groups is 1. The van der Waals surface area contributed by atoms with Crippen molar-refractivity contribution in [2.75, 3.05) is 0 Å². The molecule has 1 aromatic rings. The van der Waals surface area contributed by atoms with Crippen LogP contribution in [0.5, 0.6) is 0 Å². The minimum absolute atomic E-state index is 0.241. The van der Waals surface area contributed by atoms with Crippen molar-refractivity contribution in [3.63, 3.8) is 0 Å². The third kappa shape index (κ3) is 2.27. The second kappa shape index (κ2) is 4.17. The highest BCUT2D eigenvalue weighted by molar-refractivity contribution is 7.86. The van der Waals surface area contributed by atoms with Gasteiger partial charge in [-0.15, -0.1) is 0 Å². The van der Waals surface area contributed by atoms with E-state index in [2.05, 4.69) is 0 Å². The van der Waals surface area contributed by atoms with Gasteiger partial charge in [-0.1, -0.05) is 23.2 Å². The van der Waals surface area contributed by atoms with Crippen molar-refractivity contribution in [1.82, 2.24) is 0 Å². The van der Waals surface area contributed by atoms with Gasteiger partial charge in [-0.25, -0.2) is 0 Å². The summed E-state index contributed by atoms with van der Waals surface area (Å²) in [5.41, 5.74) is -0.681. The fourth-order valence-electron chi connectivity index (χ4n) is 1.13. The molecule has 0 atom stereocenters. The number of hydrogen-bond donors (Lipinski definition) is 1. The first-order valence-electron chi connectivity index (χ1n) is 3.76. The first-order valence-corrected chi connectivity index (χ1v) is 5.96. The van der Waals surface area contributed by atoms with Gasteiger partial charge in [0, 0.05) is 0 Å². The molecule has 88 valence electrons. The van der Waals surface area contributed by atoms with Crippen LogP contribution in [0.2, 0.25) is 10.0 Å². The molecule has 16 heavy (non-hydrogen) atoms. The average molecular weight is 286 g/mol. The summed E-state index contributed by atoms with van der Waals surface area (Å²) in [6.07, 6.45) is 0. The van der Waals surface area contributed by atoms with Crippen LogP contribution in [0, 0.1) is 17.0 Å². The lowest BCUT2D eigenvalue weighted by atomic mass is 10.2. The topological polar surface area (TPSA) is 97.5 Å². The Morgan fingerprint density at radius 3 is 2.31 bits per heavy atom. The standard InChI is InChI=1S/C7H5Cl2NO5S/c1-3-2-4(8)7(16(13,14)15)6(5(3)9)10(11)12/h2H,1H3,(H,13,14,15). The van der Waals surface area contributed by atoms with Crippen LogP contribution in [0.15, 0.2) is 11.0 Å². The van der Waals surface area contributed by atoms with Gasteiger partial charge in [-0.3, -0.25) is 14.7 Å². The van der Waals surface area contributed by atoms with Crippen molar-refractivity contribution < 1.29 is 17.9 Å². The van der Waals surface area contributed by atoms with Gasteiger partial charge in [0.15, 0.2) is 4.90 Å². The quantitative estimate of drug-likeness (QED) is 0.511. The minimum Gasteiger partial charge on any atom is -0.282 e. The highest BCUT2D eigenvalue weighted by Gasteiger charge is 2.31. The van der Waals surface area contributed by atoms with Crippen molar-refractivity contribution in [2.45, 2.75) is 11.8 Å². The zero-order valence-electron chi connectivity index (χ0n) is 7.77. The Labute approximate surface area is 101 Å². The van der Waals surface area contributed by atoms with Gasteiger partial charge in [0.25, 0.3) is 0 Å². The van der Waals surface area contributed by atoms with Gasteiger partial charge in [-0.2, -0.15) is 8.42 Å². The van der Waals surface area contributed by atoms with Crippen molar-refractivity contribution in [1.29, 1.82) is 0 Å². The fraction of sp³-hybridized carbons (Fsp3) is 0.143. The van der Waals surface area contributed by atoms with Crippen molar-refractivity contribution in [3.05, 3.63) is 31.8 Å². The zero-order chi connectivity index (χ0) is 12.7. The summed E-state index contributed by atoms with van der Waals surface area (Å²) in [6.45, 7) is 1.43. The van der Waals surface area contributed by atoms with Crippen molar-refractivity contribution in [3.8, 4) is 0 Å². The van der Waals surface area contributed by atoms with Gasteiger partial charge >= 0.3 is 15.8 Å². The van der Waals surface area contributed by atoms with Crippen LogP contribution < -0.4 is 0 Å². The lowest BCUT2D eigenvalue weighted by Crippen LogP contribution is -2.05. The molecule has 0 aliphatic rings. The molecule has 0 heterocycles. The number of halogens is 2. The van der Waals surface area contributed by atoms with Crippen LogP contribution in [-0.2, 0) is 10.1 Å². The molecule has 0 unspecified atom stereocenters. The maximum absolute atomic E-state index is 11.0. The molecule has 0 aliphatic carbocycles. The van der Waals surface area contributed by atoms with E-state index in [1.54, 1.807) is 0 Å². The molecule has 0 spiro atoms. The molecule has 9 heteroatoms. The number of aryl methyl sites for hydroxylation is 1. The van der Waals surface area contributed by atoms with E-state index in [1.807, 2.05) is 0 Å². The van der Waals surface area contributed by atoms with Crippen LogP contribution >= 0.6 is 23.2 Å². The minimum atomic E-state index is -4.81. The number of rotatable bonds is 2. The van der Waals surface area contributed by atoms with E-state index >= 15 is 0 Å². The van der Waals surface area contributed by atoms with Crippen LogP contribution in [0.4, 0.5) is 5.69 Å². The summed E-state index contributed by atoms with van der Waals surface area (Å²) >= 11 is 11.1. The predicted molar refractivity (Wildman–Crippen MR) is 57.7 cm³/mol. The van der Waals surface area contributed by atoms with E-state index in [0.29, 0.717) is 0 Å². The van der Waals surface area contributed by atoms with E-state index in [1.165, 1.54) is 6.92 Å². The second-order valence-electron chi connectivity index (χ2n) is 2.90. The van der Waals surface area contributed by atoms with E-state index < -0.39 is 30.6 Å². The van der Waals surface area contributed by atoms with Crippen LogP contribution in [-0.4, -0.2) is 17.9 Å². The molecule has 6 nitrogen and oxygen atoms in total. The Morgan fingerprint density at radius 1 is 1.44 bits per heavy atom. The Kier molecular flexibility index (Phi) is 3.44. The molecule has 0 saturated heterocycles. The van der Waals surface area contributed by atoms with Gasteiger partial charge in [0.05, 0.1) is 9.95 Å². The third-order valence-corrected chi connectivity index (χ3v) is 3.59. The Bertz CT molecular complexity index is 569. The van der Waals surface area contributed by atoms with E-state index in [9.17, 15) is 18.5 Å². The number of benzene rings is 1. The Balaban J connectivity index is 3.86. The van der Waals surface area contributed by atoms with Crippen molar-refractivity contribution in [2.24, 2.45) is 0 Å². The molecular weight excluding hydrogens is 281 g/mol. The highest BCUT2D eigenvalue weighted by atomic mass is 35.5. The normalized spacial score (nSPS) is 11.5. The molecule has 1 N–H and O–H groups in total. The molecule has 1 rings (SSSR count). The molecule has 0 radical (unpaired) electrons. The lowest BCUT2D eigenvalue weighted by molar-refractivity contribution is -0.387. The number of nitrogens with zero attached hydrogens (tertiary/aromatic N) is 1. The van der Waals surface area contributed by atoms with Crippen molar-refractivity contribution >= 4 is 39.0 Å². The Morgan fingerprint density at radius 2 is 1.94 bits per heavy atom. The van der Waals surface area contributed by atoms with Crippen LogP contribution in [0.3, 0.4) is 0 Å². The van der Waals surface area contributed by atoms with E-state index in [4.69, 9.17) is 27.8 Å². The second-order valence-corrected chi connectivity index (χ2v) is 5.04. The number of nitro benzene ring substituents is 1. The zero-order valence-corrected chi connectivity index (χ0v) is 10.1. The third-order valence-electron chi connectivity index (χ3n) is 1.77. The molecule has 0 aliphatic heterocycles. The van der Waals surface area contributed by atoms with Crippen LogP contribution in [0.25, 0.3) is 0 Å². The monoisotopic (exact) mass is 285 g/mol. The van der Waals surface area contributed by atoms with E-state index in [0.717, 1.165) is 6.07 Å². The average Bonchev–Trinajstić information content (AvgIpc) is 2.07. The summed E-state index contributed by atoms with van der Waals surface area (Å²) in [4.78, 5) is 8.68. The van der Waals surface area contributed by atoms with Gasteiger partial charge in [0.2, 0.25) is 0 Å². The molecule has 0 amide bonds. The summed E-state index contributed by atoms with van der Waals surface area (Å²) in [7, 11) is -4.81. The maximum atomic E-state index is 11.0. The van der Waals surface area contributed by atoms with Gasteiger partial charge in [-0.05, 0) is 18.6 Å². The SMILES string of the molecule is Cc1cc(Cl)c(S(=O)(=O)O)c([N+](=O)[O-])c1Cl. The molecule has 0 bridgehead atoms. The first-order chi connectivity index (χ1) is 7.16. The first kappa shape index (κ1) is 13.2. The molecule has 0 aromatic heterocycles. The van der Waals surface area contributed by atoms with Gasteiger partial charge in [0.1, 0.15) is 5.02 Å². The highest BCUT2D eigenvalue weighted by Crippen LogP contribution is 2.39. The molecule has 1 aromatic carbocycles. The lowest BCUT2D eigenvalue weighted by Gasteiger charge is -2.06. The summed E-state index contributed by atoms with van der Waals surface area (Å²) < 4.78 is 30.7. The van der Waals surface area contributed by atoms with E-state index in [-0.39, 0.29) is 10.6 Å². The number of hydrogen-bond acceptors (Lipinski definition) is 4. The maximum Gasteiger partial charge on any atom is 0.310 e. The fourth-order valence-corrected chi connectivity index (χ4v) is 2.67. The molecular formula is C7H5Cl2NO5S. The van der Waals surface area contributed by atoms with Gasteiger partial charge < -0.3 is 0 Å². The smallest absolute Gasteiger partial charge is 0.282 e. The van der Waals surface area contributed by atoms with Crippen LogP contribution in [0.1, 0.15) is 5.56 Å². The predicted octanol–water partition coefficient (Wildman–Crippen LogP) is 2.46. The summed E-state index contributed by atoms with van der Waals surface area (Å²) in [6, 6.07) is 1.12. The summed E-state index contributed by atoms with van der Waals surface area (Å²) in [5.74, 6) is 0. The Hall–Kier alpha value is -0.890. The molecule has 0 saturated carbocycles.